The van der Waals surface area contributed by atoms with Crippen molar-refractivity contribution in [3.8, 4) is 5.75 Å². The second kappa shape index (κ2) is 5.35. The first-order valence-electron chi connectivity index (χ1n) is 4.76. The van der Waals surface area contributed by atoms with Gasteiger partial charge in [-0.15, -0.1) is 0 Å². The van der Waals surface area contributed by atoms with Crippen molar-refractivity contribution in [3.63, 3.8) is 0 Å². The van der Waals surface area contributed by atoms with E-state index in [9.17, 15) is 0 Å². The Bertz CT molecular complexity index is 305. The Kier molecular flexibility index (Phi) is 4.39. The summed E-state index contributed by atoms with van der Waals surface area (Å²) in [7, 11) is 0. The van der Waals surface area contributed by atoms with Gasteiger partial charge >= 0.3 is 0 Å². The molecule has 4 heteroatoms. The highest BCUT2D eigenvalue weighted by atomic mass is 35.5. The molecule has 0 bridgehead atoms. The molecular formula is C11H15ClO3. The Labute approximate surface area is 94.6 Å². The molecule has 0 spiro atoms. The van der Waals surface area contributed by atoms with Crippen LogP contribution in [0.15, 0.2) is 18.2 Å². The molecule has 0 amide bonds. The van der Waals surface area contributed by atoms with E-state index in [2.05, 4.69) is 0 Å². The molecule has 0 aromatic heterocycles. The molecule has 0 aliphatic heterocycles. The molecule has 0 saturated heterocycles. The summed E-state index contributed by atoms with van der Waals surface area (Å²) in [6.07, 6.45) is -1.40. The largest absolute Gasteiger partial charge is 0.463 e. The maximum Gasteiger partial charge on any atom is 0.199 e. The van der Waals surface area contributed by atoms with Crippen molar-refractivity contribution in [1.29, 1.82) is 0 Å². The lowest BCUT2D eigenvalue weighted by Crippen LogP contribution is -2.22. The van der Waals surface area contributed by atoms with Crippen molar-refractivity contribution in [2.75, 3.05) is 0 Å². The molecule has 0 aliphatic carbocycles. The van der Waals surface area contributed by atoms with Crippen LogP contribution in [0.3, 0.4) is 0 Å². The van der Waals surface area contributed by atoms with Crippen LogP contribution in [0.4, 0.5) is 0 Å². The van der Waals surface area contributed by atoms with Gasteiger partial charge in [0.25, 0.3) is 0 Å². The minimum Gasteiger partial charge on any atom is -0.463 e. The molecule has 2 atom stereocenters. The van der Waals surface area contributed by atoms with Gasteiger partial charge in [-0.05, 0) is 32.4 Å². The third-order valence-corrected chi connectivity index (χ3v) is 2.13. The standard InChI is InChI=1S/C11H15ClO3/c1-7-5-4-6-10(12)11(7)15-9(3)14-8(2)13/h4-6,8-9,13H,1-3H3. The average Bonchev–Trinajstić information content (AvgIpc) is 2.10. The second-order valence-electron chi connectivity index (χ2n) is 3.31. The highest BCUT2D eigenvalue weighted by Crippen LogP contribution is 2.28. The van der Waals surface area contributed by atoms with Gasteiger partial charge in [0.05, 0.1) is 5.02 Å². The quantitative estimate of drug-likeness (QED) is 0.809. The lowest BCUT2D eigenvalue weighted by atomic mass is 10.2. The summed E-state index contributed by atoms with van der Waals surface area (Å²) in [6, 6.07) is 5.50. The van der Waals surface area contributed by atoms with Crippen molar-refractivity contribution < 1.29 is 14.6 Å². The zero-order chi connectivity index (χ0) is 11.4. The minimum atomic E-state index is -0.859. The normalized spacial score (nSPS) is 14.7. The fraction of sp³-hybridized carbons (Fsp3) is 0.455. The van der Waals surface area contributed by atoms with Crippen molar-refractivity contribution in [2.24, 2.45) is 0 Å². The van der Waals surface area contributed by atoms with E-state index in [-0.39, 0.29) is 0 Å². The molecule has 1 aromatic carbocycles. The van der Waals surface area contributed by atoms with E-state index < -0.39 is 12.6 Å². The van der Waals surface area contributed by atoms with Gasteiger partial charge in [-0.3, -0.25) is 0 Å². The van der Waals surface area contributed by atoms with Crippen LogP contribution in [0.25, 0.3) is 0 Å². The summed E-state index contributed by atoms with van der Waals surface area (Å²) in [6.45, 7) is 5.13. The van der Waals surface area contributed by atoms with Gasteiger partial charge in [0.2, 0.25) is 0 Å². The van der Waals surface area contributed by atoms with Crippen molar-refractivity contribution >= 4 is 11.6 Å². The Balaban J connectivity index is 2.71. The summed E-state index contributed by atoms with van der Waals surface area (Å²) in [4.78, 5) is 0. The van der Waals surface area contributed by atoms with Gasteiger partial charge in [0, 0.05) is 0 Å². The Morgan fingerprint density at radius 3 is 2.53 bits per heavy atom. The molecule has 1 rings (SSSR count). The van der Waals surface area contributed by atoms with Gasteiger partial charge in [0.1, 0.15) is 5.75 Å². The van der Waals surface area contributed by atoms with Crippen LogP contribution in [0.5, 0.6) is 5.75 Å². The number of rotatable bonds is 4. The van der Waals surface area contributed by atoms with Gasteiger partial charge in [0.15, 0.2) is 12.6 Å². The number of para-hydroxylation sites is 1. The van der Waals surface area contributed by atoms with Gasteiger partial charge < -0.3 is 14.6 Å². The molecule has 84 valence electrons. The Hall–Kier alpha value is -0.770. The summed E-state index contributed by atoms with van der Waals surface area (Å²) in [5.41, 5.74) is 0.934. The highest BCUT2D eigenvalue weighted by Gasteiger charge is 2.11. The molecule has 3 nitrogen and oxygen atoms in total. The van der Waals surface area contributed by atoms with Crippen molar-refractivity contribution in [3.05, 3.63) is 28.8 Å². The number of aryl methyl sites for hydroxylation is 1. The van der Waals surface area contributed by atoms with E-state index in [1.54, 1.807) is 13.0 Å². The lowest BCUT2D eigenvalue weighted by Gasteiger charge is -2.19. The smallest absolute Gasteiger partial charge is 0.199 e. The third-order valence-electron chi connectivity index (χ3n) is 1.84. The molecule has 0 aliphatic rings. The molecule has 2 unspecified atom stereocenters. The Morgan fingerprint density at radius 1 is 1.33 bits per heavy atom. The first kappa shape index (κ1) is 12.3. The third kappa shape index (κ3) is 3.70. The van der Waals surface area contributed by atoms with Crippen LogP contribution in [-0.4, -0.2) is 17.7 Å². The van der Waals surface area contributed by atoms with Crippen LogP contribution in [0.1, 0.15) is 19.4 Å². The molecule has 15 heavy (non-hydrogen) atoms. The molecule has 0 fully saturated rings. The monoisotopic (exact) mass is 230 g/mol. The molecule has 0 radical (unpaired) electrons. The van der Waals surface area contributed by atoms with E-state index in [4.69, 9.17) is 26.2 Å². The number of aliphatic hydroxyl groups excluding tert-OH is 1. The number of hydrogen-bond donors (Lipinski definition) is 1. The highest BCUT2D eigenvalue weighted by molar-refractivity contribution is 6.32. The van der Waals surface area contributed by atoms with Gasteiger partial charge in [-0.2, -0.15) is 0 Å². The van der Waals surface area contributed by atoms with Crippen LogP contribution < -0.4 is 4.74 Å². The molecule has 1 N–H and O–H groups in total. The average molecular weight is 231 g/mol. The van der Waals surface area contributed by atoms with E-state index in [0.717, 1.165) is 5.56 Å². The predicted molar refractivity (Wildman–Crippen MR) is 59.0 cm³/mol. The summed E-state index contributed by atoms with van der Waals surface area (Å²) >= 11 is 5.97. The maximum atomic E-state index is 9.00. The second-order valence-corrected chi connectivity index (χ2v) is 3.71. The predicted octanol–water partition coefficient (Wildman–Crippen LogP) is 2.73. The molecule has 1 aromatic rings. The topological polar surface area (TPSA) is 38.7 Å². The summed E-state index contributed by atoms with van der Waals surface area (Å²) < 4.78 is 10.5. The van der Waals surface area contributed by atoms with E-state index in [1.165, 1.54) is 6.92 Å². The SMILES string of the molecule is Cc1cccc(Cl)c1OC(C)OC(C)O. The first-order valence-corrected chi connectivity index (χ1v) is 5.14. The Morgan fingerprint density at radius 2 is 2.00 bits per heavy atom. The van der Waals surface area contributed by atoms with Gasteiger partial charge in [-0.25, -0.2) is 0 Å². The number of halogens is 1. The van der Waals surface area contributed by atoms with Crippen molar-refractivity contribution in [2.45, 2.75) is 33.4 Å². The minimum absolute atomic E-state index is 0.538. The zero-order valence-corrected chi connectivity index (χ0v) is 9.78. The van der Waals surface area contributed by atoms with E-state index in [1.807, 2.05) is 19.1 Å². The van der Waals surface area contributed by atoms with Crippen molar-refractivity contribution in [1.82, 2.24) is 0 Å². The van der Waals surface area contributed by atoms with E-state index in [0.29, 0.717) is 10.8 Å². The van der Waals surface area contributed by atoms with Crippen LogP contribution >= 0.6 is 11.6 Å². The lowest BCUT2D eigenvalue weighted by molar-refractivity contribution is -0.179. The summed E-state index contributed by atoms with van der Waals surface area (Å²) in [5, 5.41) is 9.54. The zero-order valence-electron chi connectivity index (χ0n) is 9.03. The molecule has 0 heterocycles. The number of hydrogen-bond acceptors (Lipinski definition) is 3. The number of aliphatic hydroxyl groups is 1. The van der Waals surface area contributed by atoms with Crippen LogP contribution in [0.2, 0.25) is 5.02 Å². The molecule has 0 saturated carbocycles. The molecular weight excluding hydrogens is 216 g/mol. The first-order chi connectivity index (χ1) is 7.00. The van der Waals surface area contributed by atoms with Crippen LogP contribution in [0, 0.1) is 6.92 Å². The fourth-order valence-corrected chi connectivity index (χ4v) is 1.50. The maximum absolute atomic E-state index is 9.00. The number of ether oxygens (including phenoxy) is 2. The van der Waals surface area contributed by atoms with E-state index >= 15 is 0 Å². The fourth-order valence-electron chi connectivity index (χ4n) is 1.24. The number of benzene rings is 1. The van der Waals surface area contributed by atoms with Crippen LogP contribution in [-0.2, 0) is 4.74 Å². The van der Waals surface area contributed by atoms with Gasteiger partial charge in [-0.1, -0.05) is 23.7 Å². The summed E-state index contributed by atoms with van der Waals surface area (Å²) in [5.74, 6) is 0.590.